The van der Waals surface area contributed by atoms with Crippen LogP contribution in [0.1, 0.15) is 17.5 Å². The van der Waals surface area contributed by atoms with Crippen LogP contribution in [0.5, 0.6) is 0 Å². The molecule has 0 spiro atoms. The number of benzene rings is 2. The summed E-state index contributed by atoms with van der Waals surface area (Å²) < 4.78 is 5.12. The molecule has 6 nitrogen and oxygen atoms in total. The minimum Gasteiger partial charge on any atom is -0.455 e. The van der Waals surface area contributed by atoms with Crippen LogP contribution >= 0.6 is 11.6 Å². The van der Waals surface area contributed by atoms with E-state index in [2.05, 4.69) is 5.32 Å². The van der Waals surface area contributed by atoms with Crippen LogP contribution < -0.4 is 10.2 Å². The molecule has 1 saturated heterocycles. The Morgan fingerprint density at radius 1 is 1.18 bits per heavy atom. The third-order valence-corrected chi connectivity index (χ3v) is 5.10. The summed E-state index contributed by atoms with van der Waals surface area (Å²) in [5.41, 5.74) is 3.14. The molecule has 1 heterocycles. The molecule has 7 heteroatoms. The van der Waals surface area contributed by atoms with Gasteiger partial charge in [-0.25, -0.2) is 0 Å². The Morgan fingerprint density at radius 2 is 1.93 bits per heavy atom. The third kappa shape index (κ3) is 4.51. The zero-order chi connectivity index (χ0) is 20.3. The van der Waals surface area contributed by atoms with Crippen LogP contribution in [0.3, 0.4) is 0 Å². The number of para-hydroxylation sites is 1. The largest absolute Gasteiger partial charge is 0.455 e. The number of rotatable bonds is 5. The van der Waals surface area contributed by atoms with Crippen LogP contribution in [0, 0.1) is 19.8 Å². The normalized spacial score (nSPS) is 16.2. The maximum absolute atomic E-state index is 12.3. The van der Waals surface area contributed by atoms with Crippen LogP contribution in [0.25, 0.3) is 0 Å². The van der Waals surface area contributed by atoms with E-state index in [1.807, 2.05) is 38.1 Å². The van der Waals surface area contributed by atoms with E-state index in [4.69, 9.17) is 16.3 Å². The van der Waals surface area contributed by atoms with Gasteiger partial charge < -0.3 is 15.0 Å². The molecule has 0 radical (unpaired) electrons. The smallest absolute Gasteiger partial charge is 0.311 e. The lowest BCUT2D eigenvalue weighted by atomic mass is 10.1. The van der Waals surface area contributed by atoms with E-state index >= 15 is 0 Å². The Kier molecular flexibility index (Phi) is 5.99. The van der Waals surface area contributed by atoms with Crippen molar-refractivity contribution in [3.63, 3.8) is 0 Å². The first-order valence-corrected chi connectivity index (χ1v) is 9.31. The van der Waals surface area contributed by atoms with E-state index in [1.165, 1.54) is 4.90 Å². The summed E-state index contributed by atoms with van der Waals surface area (Å²) in [6.45, 7) is 3.56. The fourth-order valence-electron chi connectivity index (χ4n) is 3.02. The van der Waals surface area contributed by atoms with Gasteiger partial charge in [0.2, 0.25) is 5.91 Å². The molecule has 1 atom stereocenters. The second kappa shape index (κ2) is 8.44. The molecule has 28 heavy (non-hydrogen) atoms. The molecule has 1 aliphatic heterocycles. The van der Waals surface area contributed by atoms with Crippen LogP contribution in [0.15, 0.2) is 42.5 Å². The fourth-order valence-corrected chi connectivity index (χ4v) is 3.19. The van der Waals surface area contributed by atoms with Gasteiger partial charge in [0.15, 0.2) is 6.61 Å². The van der Waals surface area contributed by atoms with Gasteiger partial charge in [-0.2, -0.15) is 0 Å². The highest BCUT2D eigenvalue weighted by Crippen LogP contribution is 2.29. The molecule has 2 aromatic carbocycles. The monoisotopic (exact) mass is 400 g/mol. The highest BCUT2D eigenvalue weighted by atomic mass is 35.5. The van der Waals surface area contributed by atoms with Gasteiger partial charge >= 0.3 is 5.97 Å². The van der Waals surface area contributed by atoms with Gasteiger partial charge in [-0.15, -0.1) is 0 Å². The Bertz CT molecular complexity index is 928. The molecule has 146 valence electrons. The minimum absolute atomic E-state index is 0.0454. The molecule has 1 fully saturated rings. The fraction of sp³-hybridized carbons (Fsp3) is 0.286. The van der Waals surface area contributed by atoms with Crippen molar-refractivity contribution >= 4 is 40.8 Å². The first kappa shape index (κ1) is 19.9. The van der Waals surface area contributed by atoms with Crippen molar-refractivity contribution in [2.24, 2.45) is 5.92 Å². The second-order valence-corrected chi connectivity index (χ2v) is 7.22. The SMILES string of the molecule is Cc1ccc(N2C[C@H](C(=O)OCC(=O)Nc3ccccc3C)CC2=O)cc1Cl. The summed E-state index contributed by atoms with van der Waals surface area (Å²) in [5.74, 6) is -1.77. The van der Waals surface area contributed by atoms with Gasteiger partial charge in [0.05, 0.1) is 5.92 Å². The van der Waals surface area contributed by atoms with Crippen molar-refractivity contribution in [2.75, 3.05) is 23.4 Å². The quantitative estimate of drug-likeness (QED) is 0.779. The topological polar surface area (TPSA) is 75.7 Å². The lowest BCUT2D eigenvalue weighted by molar-refractivity contribution is -0.151. The number of nitrogens with zero attached hydrogens (tertiary/aromatic N) is 1. The lowest BCUT2D eigenvalue weighted by Gasteiger charge is -2.17. The lowest BCUT2D eigenvalue weighted by Crippen LogP contribution is -2.28. The number of carbonyl (C=O) groups excluding carboxylic acids is 3. The highest BCUT2D eigenvalue weighted by Gasteiger charge is 2.36. The van der Waals surface area contributed by atoms with Crippen LogP contribution in [-0.2, 0) is 19.1 Å². The van der Waals surface area contributed by atoms with Gasteiger partial charge in [0, 0.05) is 29.4 Å². The standard InChI is InChI=1S/C21H21ClN2O4/c1-13-7-8-16(10-17(13)22)24-11-15(9-20(24)26)21(27)28-12-19(25)23-18-6-4-3-5-14(18)2/h3-8,10,15H,9,11-12H2,1-2H3,(H,23,25)/t15-/m1/s1. The van der Waals surface area contributed by atoms with Crippen molar-refractivity contribution in [1.82, 2.24) is 0 Å². The summed E-state index contributed by atoms with van der Waals surface area (Å²) in [6.07, 6.45) is 0.0454. The number of anilines is 2. The second-order valence-electron chi connectivity index (χ2n) is 6.81. The first-order valence-electron chi connectivity index (χ1n) is 8.94. The summed E-state index contributed by atoms with van der Waals surface area (Å²) >= 11 is 6.13. The number of esters is 1. The molecule has 2 aromatic rings. The zero-order valence-corrected chi connectivity index (χ0v) is 16.5. The van der Waals surface area contributed by atoms with E-state index in [9.17, 15) is 14.4 Å². The average Bonchev–Trinajstić information content (AvgIpc) is 3.06. The van der Waals surface area contributed by atoms with Gasteiger partial charge in [0.25, 0.3) is 5.91 Å². The van der Waals surface area contributed by atoms with E-state index < -0.39 is 24.4 Å². The van der Waals surface area contributed by atoms with Crippen molar-refractivity contribution in [3.05, 3.63) is 58.6 Å². The first-order chi connectivity index (χ1) is 13.3. The third-order valence-electron chi connectivity index (χ3n) is 4.69. The van der Waals surface area contributed by atoms with Crippen molar-refractivity contribution < 1.29 is 19.1 Å². The van der Waals surface area contributed by atoms with Crippen LogP contribution in [-0.4, -0.2) is 30.9 Å². The Balaban J connectivity index is 1.55. The molecule has 0 bridgehead atoms. The van der Waals surface area contributed by atoms with Crippen molar-refractivity contribution in [2.45, 2.75) is 20.3 Å². The molecular weight excluding hydrogens is 380 g/mol. The van der Waals surface area contributed by atoms with E-state index in [0.717, 1.165) is 11.1 Å². The molecule has 3 rings (SSSR count). The number of hydrogen-bond acceptors (Lipinski definition) is 4. The number of carbonyl (C=O) groups is 3. The predicted molar refractivity (Wildman–Crippen MR) is 107 cm³/mol. The van der Waals surface area contributed by atoms with Gasteiger partial charge in [-0.3, -0.25) is 14.4 Å². The summed E-state index contributed by atoms with van der Waals surface area (Å²) in [5, 5.41) is 3.26. The summed E-state index contributed by atoms with van der Waals surface area (Å²) in [7, 11) is 0. The molecule has 0 aliphatic carbocycles. The Labute approximate surface area is 168 Å². The molecule has 0 unspecified atom stereocenters. The van der Waals surface area contributed by atoms with Crippen LogP contribution in [0.2, 0.25) is 5.02 Å². The highest BCUT2D eigenvalue weighted by molar-refractivity contribution is 6.31. The van der Waals surface area contributed by atoms with Crippen molar-refractivity contribution in [3.8, 4) is 0 Å². The summed E-state index contributed by atoms with van der Waals surface area (Å²) in [6, 6.07) is 12.7. The molecule has 1 N–H and O–H groups in total. The maximum Gasteiger partial charge on any atom is 0.311 e. The number of nitrogens with one attached hydrogen (secondary N) is 1. The van der Waals surface area contributed by atoms with E-state index in [0.29, 0.717) is 16.4 Å². The number of ether oxygens (including phenoxy) is 1. The van der Waals surface area contributed by atoms with Gasteiger partial charge in [-0.05, 0) is 43.2 Å². The van der Waals surface area contributed by atoms with Crippen LogP contribution in [0.4, 0.5) is 11.4 Å². The average molecular weight is 401 g/mol. The Hall–Kier alpha value is -2.86. The Morgan fingerprint density at radius 3 is 2.64 bits per heavy atom. The predicted octanol–water partition coefficient (Wildman–Crippen LogP) is 3.49. The molecule has 2 amide bonds. The van der Waals surface area contributed by atoms with E-state index in [1.54, 1.807) is 18.2 Å². The number of hydrogen-bond donors (Lipinski definition) is 1. The molecule has 1 aliphatic rings. The zero-order valence-electron chi connectivity index (χ0n) is 15.7. The minimum atomic E-state index is -0.612. The van der Waals surface area contributed by atoms with E-state index in [-0.39, 0.29) is 18.9 Å². The van der Waals surface area contributed by atoms with Crippen molar-refractivity contribution in [1.29, 1.82) is 0 Å². The maximum atomic E-state index is 12.3. The number of amides is 2. The number of halogens is 1. The molecule has 0 saturated carbocycles. The summed E-state index contributed by atoms with van der Waals surface area (Å²) in [4.78, 5) is 38.1. The number of aryl methyl sites for hydroxylation is 2. The van der Waals surface area contributed by atoms with Gasteiger partial charge in [-0.1, -0.05) is 35.9 Å². The molecular formula is C21H21ClN2O4. The van der Waals surface area contributed by atoms with Gasteiger partial charge in [0.1, 0.15) is 0 Å². The molecule has 0 aromatic heterocycles.